The molecule has 146 valence electrons. The van der Waals surface area contributed by atoms with E-state index in [0.29, 0.717) is 28.7 Å². The Hall–Kier alpha value is -2.19. The van der Waals surface area contributed by atoms with E-state index in [4.69, 9.17) is 25.8 Å². The van der Waals surface area contributed by atoms with Crippen LogP contribution in [0.4, 0.5) is 4.79 Å². The van der Waals surface area contributed by atoms with Crippen molar-refractivity contribution in [1.29, 1.82) is 0 Å². The Kier molecular flexibility index (Phi) is 7.15. The second-order valence-corrected chi connectivity index (χ2v) is 7.16. The summed E-state index contributed by atoms with van der Waals surface area (Å²) in [6, 6.07) is 3.20. The molecule has 0 N–H and O–H groups in total. The van der Waals surface area contributed by atoms with Crippen LogP contribution in [-0.2, 0) is 14.3 Å². The van der Waals surface area contributed by atoms with Crippen molar-refractivity contribution in [2.24, 2.45) is 0 Å². The molecule has 0 unspecified atom stereocenters. The van der Waals surface area contributed by atoms with Crippen LogP contribution >= 0.6 is 23.4 Å². The largest absolute Gasteiger partial charge is 0.493 e. The minimum atomic E-state index is -0.644. The molecule has 1 aromatic carbocycles. The Labute approximate surface area is 166 Å². The maximum Gasteiger partial charge on any atom is 0.326 e. The van der Waals surface area contributed by atoms with Gasteiger partial charge in [0.2, 0.25) is 0 Å². The highest BCUT2D eigenvalue weighted by atomic mass is 35.5. The van der Waals surface area contributed by atoms with Crippen molar-refractivity contribution >= 4 is 46.6 Å². The number of benzene rings is 1. The third-order valence-corrected chi connectivity index (χ3v) is 4.63. The minimum absolute atomic E-state index is 0.158. The van der Waals surface area contributed by atoms with Gasteiger partial charge >= 0.3 is 5.97 Å². The number of carbonyl (C=O) groups excluding carboxylic acids is 3. The van der Waals surface area contributed by atoms with Gasteiger partial charge in [0, 0.05) is 6.07 Å². The van der Waals surface area contributed by atoms with E-state index in [-0.39, 0.29) is 11.0 Å². The lowest BCUT2D eigenvalue weighted by Crippen LogP contribution is -2.35. The van der Waals surface area contributed by atoms with Crippen LogP contribution in [0.15, 0.2) is 17.0 Å². The second-order valence-electron chi connectivity index (χ2n) is 5.76. The van der Waals surface area contributed by atoms with Crippen molar-refractivity contribution in [2.45, 2.75) is 26.9 Å². The average molecular weight is 414 g/mol. The van der Waals surface area contributed by atoms with E-state index in [2.05, 4.69) is 0 Å². The Morgan fingerprint density at radius 1 is 1.30 bits per heavy atom. The highest BCUT2D eigenvalue weighted by Crippen LogP contribution is 2.37. The van der Waals surface area contributed by atoms with Crippen molar-refractivity contribution in [2.75, 3.05) is 20.3 Å². The Morgan fingerprint density at radius 2 is 2.00 bits per heavy atom. The molecule has 0 saturated carbocycles. The molecule has 1 aliphatic heterocycles. The third kappa shape index (κ3) is 5.17. The number of imide groups is 1. The molecule has 0 radical (unpaired) electrons. The molecule has 0 atom stereocenters. The highest BCUT2D eigenvalue weighted by Gasteiger charge is 2.37. The molecule has 0 spiro atoms. The van der Waals surface area contributed by atoms with Crippen molar-refractivity contribution in [3.8, 4) is 11.5 Å². The van der Waals surface area contributed by atoms with Gasteiger partial charge in [-0.15, -0.1) is 0 Å². The van der Waals surface area contributed by atoms with Gasteiger partial charge in [-0.2, -0.15) is 0 Å². The molecule has 0 aromatic heterocycles. The zero-order valence-corrected chi connectivity index (χ0v) is 17.0. The van der Waals surface area contributed by atoms with Gasteiger partial charge in [-0.05, 0) is 50.2 Å². The molecule has 2 rings (SSSR count). The first-order chi connectivity index (χ1) is 12.8. The fraction of sp³-hybridized carbons (Fsp3) is 0.389. The fourth-order valence-electron chi connectivity index (χ4n) is 2.30. The summed E-state index contributed by atoms with van der Waals surface area (Å²) in [6.07, 6.45) is 1.15. The van der Waals surface area contributed by atoms with Gasteiger partial charge in [0.25, 0.3) is 11.1 Å². The smallest absolute Gasteiger partial charge is 0.326 e. The number of nitrogens with zero attached hydrogens (tertiary/aromatic N) is 1. The molecule has 1 aromatic rings. The van der Waals surface area contributed by atoms with Crippen molar-refractivity contribution in [3.63, 3.8) is 0 Å². The first-order valence-corrected chi connectivity index (χ1v) is 9.41. The summed E-state index contributed by atoms with van der Waals surface area (Å²) in [5.41, 5.74) is 0.493. The van der Waals surface area contributed by atoms with Gasteiger partial charge in [0.15, 0.2) is 11.5 Å². The van der Waals surface area contributed by atoms with Gasteiger partial charge in [-0.1, -0.05) is 11.6 Å². The highest BCUT2D eigenvalue weighted by molar-refractivity contribution is 8.18. The number of hydrogen-bond donors (Lipinski definition) is 0. The summed E-state index contributed by atoms with van der Waals surface area (Å²) in [7, 11) is 1.49. The molecule has 1 aliphatic rings. The van der Waals surface area contributed by atoms with Crippen LogP contribution in [0.3, 0.4) is 0 Å². The van der Waals surface area contributed by atoms with Crippen LogP contribution in [0.2, 0.25) is 5.02 Å². The van der Waals surface area contributed by atoms with Gasteiger partial charge in [0.05, 0.1) is 29.7 Å². The Bertz CT molecular complexity index is 792. The van der Waals surface area contributed by atoms with Crippen molar-refractivity contribution < 1.29 is 28.6 Å². The molecule has 1 saturated heterocycles. The number of rotatable bonds is 7. The van der Waals surface area contributed by atoms with Gasteiger partial charge in [-0.3, -0.25) is 19.3 Å². The molecule has 1 fully saturated rings. The summed E-state index contributed by atoms with van der Waals surface area (Å²) >= 11 is 7.00. The maximum atomic E-state index is 12.5. The van der Waals surface area contributed by atoms with Crippen LogP contribution in [0.1, 0.15) is 26.3 Å². The summed E-state index contributed by atoms with van der Waals surface area (Å²) in [4.78, 5) is 37.3. The lowest BCUT2D eigenvalue weighted by atomic mass is 10.1. The standard InChI is InChI=1S/C18H20ClNO6S/c1-5-25-14-8-12(19)11(6-13(14)24-4)7-15-17(22)20(18(23)27-15)9-16(21)26-10(2)3/h6-8,10H,5,9H2,1-4H3/b15-7+. The van der Waals surface area contributed by atoms with Crippen molar-refractivity contribution in [3.05, 3.63) is 27.6 Å². The van der Waals surface area contributed by atoms with Crippen LogP contribution in [0.25, 0.3) is 6.08 Å². The molecule has 9 heteroatoms. The predicted molar refractivity (Wildman–Crippen MR) is 103 cm³/mol. The van der Waals surface area contributed by atoms with E-state index in [1.54, 1.807) is 26.0 Å². The SMILES string of the molecule is CCOc1cc(Cl)c(/C=C2/SC(=O)N(CC(=O)OC(C)C)C2=O)cc1OC. The Morgan fingerprint density at radius 3 is 2.59 bits per heavy atom. The minimum Gasteiger partial charge on any atom is -0.493 e. The molecule has 0 bridgehead atoms. The van der Waals surface area contributed by atoms with Crippen LogP contribution in [0, 0.1) is 0 Å². The van der Waals surface area contributed by atoms with E-state index in [1.165, 1.54) is 13.2 Å². The molecule has 1 heterocycles. The van der Waals surface area contributed by atoms with Crippen molar-refractivity contribution in [1.82, 2.24) is 4.90 Å². The quantitative estimate of drug-likeness (QED) is 0.497. The second kappa shape index (κ2) is 9.14. The maximum absolute atomic E-state index is 12.5. The number of halogens is 1. The summed E-state index contributed by atoms with van der Waals surface area (Å²) in [5.74, 6) is -0.289. The van der Waals surface area contributed by atoms with Gasteiger partial charge < -0.3 is 14.2 Å². The summed E-state index contributed by atoms with van der Waals surface area (Å²) < 4.78 is 15.7. The van der Waals surface area contributed by atoms with E-state index in [0.717, 1.165) is 16.7 Å². The van der Waals surface area contributed by atoms with Crippen LogP contribution in [0.5, 0.6) is 11.5 Å². The fourth-order valence-corrected chi connectivity index (χ4v) is 3.33. The van der Waals surface area contributed by atoms with E-state index in [1.807, 2.05) is 6.92 Å². The molecule has 2 amide bonds. The number of methoxy groups -OCH3 is 1. The molecular weight excluding hydrogens is 394 g/mol. The topological polar surface area (TPSA) is 82.1 Å². The summed E-state index contributed by atoms with van der Waals surface area (Å²) in [6.45, 7) is 5.22. The number of amides is 2. The normalized spacial score (nSPS) is 15.6. The molecule has 7 nitrogen and oxygen atoms in total. The monoisotopic (exact) mass is 413 g/mol. The molecular formula is C18H20ClNO6S. The summed E-state index contributed by atoms with van der Waals surface area (Å²) in [5, 5.41) is -0.203. The number of hydrogen-bond acceptors (Lipinski definition) is 7. The van der Waals surface area contributed by atoms with E-state index >= 15 is 0 Å². The Balaban J connectivity index is 2.26. The van der Waals surface area contributed by atoms with Crippen LogP contribution < -0.4 is 9.47 Å². The van der Waals surface area contributed by atoms with Crippen LogP contribution in [-0.4, -0.2) is 48.4 Å². The molecule has 27 heavy (non-hydrogen) atoms. The lowest BCUT2D eigenvalue weighted by molar-refractivity contribution is -0.149. The number of esters is 1. The number of thioether (sulfide) groups is 1. The van der Waals surface area contributed by atoms with E-state index < -0.39 is 23.7 Å². The van der Waals surface area contributed by atoms with Gasteiger partial charge in [0.1, 0.15) is 6.54 Å². The lowest BCUT2D eigenvalue weighted by Gasteiger charge is -2.13. The third-order valence-electron chi connectivity index (χ3n) is 3.40. The van der Waals surface area contributed by atoms with E-state index in [9.17, 15) is 14.4 Å². The van der Waals surface area contributed by atoms with Gasteiger partial charge in [-0.25, -0.2) is 0 Å². The first-order valence-electron chi connectivity index (χ1n) is 8.22. The first kappa shape index (κ1) is 21.1. The number of ether oxygens (including phenoxy) is 3. The zero-order chi connectivity index (χ0) is 20.1. The zero-order valence-electron chi connectivity index (χ0n) is 15.4. The predicted octanol–water partition coefficient (Wildman–Crippen LogP) is 3.74. The average Bonchev–Trinajstić information content (AvgIpc) is 2.84. The number of carbonyl (C=O) groups is 3. The molecule has 0 aliphatic carbocycles.